The van der Waals surface area contributed by atoms with E-state index >= 15 is 0 Å². The number of allylic oxidation sites excluding steroid dienone is 1. The van der Waals surface area contributed by atoms with Crippen LogP contribution in [0.5, 0.6) is 0 Å². The van der Waals surface area contributed by atoms with Crippen LogP contribution in [0.25, 0.3) is 0 Å². The smallest absolute Gasteiger partial charge is 0.323 e. The molecule has 1 aliphatic heterocycles. The number of carbonyl (C=O) groups is 4. The second-order valence-corrected chi connectivity index (χ2v) is 11.3. The number of carbonyl (C=O) groups excluding carboxylic acids is 2. The van der Waals surface area contributed by atoms with E-state index in [9.17, 15) is 29.4 Å². The lowest BCUT2D eigenvalue weighted by molar-refractivity contribution is -0.150. The van der Waals surface area contributed by atoms with Crippen LogP contribution in [0.4, 0.5) is 5.82 Å². The summed E-state index contributed by atoms with van der Waals surface area (Å²) in [5, 5.41) is 18.4. The topological polar surface area (TPSA) is 141 Å². The zero-order valence-electron chi connectivity index (χ0n) is 24.5. The van der Waals surface area contributed by atoms with Gasteiger partial charge in [0.1, 0.15) is 18.9 Å². The second-order valence-electron chi connectivity index (χ2n) is 11.3. The van der Waals surface area contributed by atoms with Crippen LogP contribution in [0.2, 0.25) is 0 Å². The van der Waals surface area contributed by atoms with Crippen molar-refractivity contribution >= 4 is 29.6 Å². The zero-order chi connectivity index (χ0) is 30.0. The van der Waals surface area contributed by atoms with Crippen LogP contribution in [-0.4, -0.2) is 94.6 Å². The van der Waals surface area contributed by atoms with Gasteiger partial charge in [-0.05, 0) is 75.6 Å². The van der Waals surface area contributed by atoms with Crippen molar-refractivity contribution in [1.29, 1.82) is 0 Å². The maximum Gasteiger partial charge on any atom is 0.323 e. The Bertz CT molecular complexity index is 1070. The molecule has 1 aromatic rings. The number of ether oxygens (including phenoxy) is 1. The number of anilines is 1. The molecule has 41 heavy (non-hydrogen) atoms. The molecule has 2 aliphatic rings. The number of methoxy groups -OCH3 is 1. The standard InChI is InChI=1S/C30H44N4O7/c1-4-24(41-3)29(40)34(25-9-8-22(2)19-31-25)23-10-15-32(16-11-23)17-14-30(12-6-5-7-13-30)18-26(35)33(20-27(36)37)21-28(38)39/h4,8-9,19,23H,5-7,10-18,20-21H2,1-3H3,(H,36,37)(H,38,39)/b24-4-. The third kappa shape index (κ3) is 9.01. The van der Waals surface area contributed by atoms with Gasteiger partial charge in [0.25, 0.3) is 5.91 Å². The molecule has 3 rings (SSSR count). The maximum atomic E-state index is 13.4. The Morgan fingerprint density at radius 1 is 1.07 bits per heavy atom. The van der Waals surface area contributed by atoms with Crippen molar-refractivity contribution in [2.45, 2.75) is 77.7 Å². The first kappa shape index (κ1) is 32.0. The highest BCUT2D eigenvalue weighted by Gasteiger charge is 2.38. The number of carboxylic acids is 2. The van der Waals surface area contributed by atoms with E-state index in [-0.39, 0.29) is 29.5 Å². The number of pyridine rings is 1. The fourth-order valence-corrected chi connectivity index (χ4v) is 6.11. The summed E-state index contributed by atoms with van der Waals surface area (Å²) in [5.74, 6) is -2.19. The molecular formula is C30H44N4O7. The summed E-state index contributed by atoms with van der Waals surface area (Å²) in [7, 11) is 1.49. The summed E-state index contributed by atoms with van der Waals surface area (Å²) in [6.45, 7) is 4.85. The Labute approximate surface area is 242 Å². The maximum absolute atomic E-state index is 13.4. The molecule has 11 nitrogen and oxygen atoms in total. The number of aliphatic carboxylic acids is 2. The van der Waals surface area contributed by atoms with Gasteiger partial charge >= 0.3 is 11.9 Å². The lowest BCUT2D eigenvalue weighted by atomic mass is 9.69. The van der Waals surface area contributed by atoms with Crippen molar-refractivity contribution in [1.82, 2.24) is 14.8 Å². The molecule has 226 valence electrons. The van der Waals surface area contributed by atoms with E-state index in [4.69, 9.17) is 4.74 Å². The van der Waals surface area contributed by atoms with E-state index < -0.39 is 30.9 Å². The lowest BCUT2D eigenvalue weighted by Crippen LogP contribution is -2.49. The Balaban J connectivity index is 1.66. The Kier molecular flexibility index (Phi) is 11.7. The number of piperidine rings is 1. The van der Waals surface area contributed by atoms with Crippen LogP contribution in [0.3, 0.4) is 0 Å². The van der Waals surface area contributed by atoms with Gasteiger partial charge in [-0.15, -0.1) is 0 Å². The highest BCUT2D eigenvalue weighted by molar-refractivity contribution is 6.04. The molecule has 11 heteroatoms. The van der Waals surface area contributed by atoms with Crippen molar-refractivity contribution in [3.8, 4) is 0 Å². The monoisotopic (exact) mass is 572 g/mol. The third-order valence-corrected chi connectivity index (χ3v) is 8.38. The predicted octanol–water partition coefficient (Wildman–Crippen LogP) is 3.47. The van der Waals surface area contributed by atoms with Gasteiger partial charge in [0, 0.05) is 31.7 Å². The quantitative estimate of drug-likeness (QED) is 0.268. The van der Waals surface area contributed by atoms with E-state index in [0.29, 0.717) is 5.82 Å². The molecule has 1 saturated heterocycles. The Hall–Kier alpha value is -3.47. The van der Waals surface area contributed by atoms with Gasteiger partial charge < -0.3 is 24.7 Å². The minimum absolute atomic E-state index is 0.0372. The molecule has 0 aromatic carbocycles. The SMILES string of the molecule is C/C=C(\OC)C(=O)N(c1ccc(C)cn1)C1CCN(CCC2(CC(=O)N(CC(=O)O)CC(=O)O)CCCCC2)CC1. The molecule has 0 spiro atoms. The number of aromatic nitrogens is 1. The largest absolute Gasteiger partial charge is 0.491 e. The molecule has 0 atom stereocenters. The molecular weight excluding hydrogens is 528 g/mol. The van der Waals surface area contributed by atoms with Crippen LogP contribution in [-0.2, 0) is 23.9 Å². The molecule has 2 heterocycles. The van der Waals surface area contributed by atoms with Crippen LogP contribution in [0, 0.1) is 12.3 Å². The summed E-state index contributed by atoms with van der Waals surface area (Å²) in [4.78, 5) is 58.6. The van der Waals surface area contributed by atoms with Crippen molar-refractivity contribution in [3.63, 3.8) is 0 Å². The molecule has 1 saturated carbocycles. The summed E-state index contributed by atoms with van der Waals surface area (Å²) in [6, 6.07) is 3.77. The van der Waals surface area contributed by atoms with E-state index in [2.05, 4.69) is 9.88 Å². The van der Waals surface area contributed by atoms with Crippen LogP contribution in [0.15, 0.2) is 30.2 Å². The van der Waals surface area contributed by atoms with Crippen molar-refractivity contribution in [3.05, 3.63) is 35.7 Å². The van der Waals surface area contributed by atoms with Crippen molar-refractivity contribution < 1.29 is 34.1 Å². The molecule has 2 amide bonds. The van der Waals surface area contributed by atoms with E-state index in [1.165, 1.54) is 7.11 Å². The Morgan fingerprint density at radius 2 is 1.71 bits per heavy atom. The molecule has 2 N–H and O–H groups in total. The molecule has 0 bridgehead atoms. The summed E-state index contributed by atoms with van der Waals surface area (Å²) >= 11 is 0. The average Bonchev–Trinajstić information content (AvgIpc) is 2.94. The summed E-state index contributed by atoms with van der Waals surface area (Å²) in [6.07, 6.45) is 10.7. The first-order valence-electron chi connectivity index (χ1n) is 14.5. The molecule has 2 fully saturated rings. The number of rotatable bonds is 13. The van der Waals surface area contributed by atoms with Crippen molar-refractivity contribution in [2.24, 2.45) is 5.41 Å². The van der Waals surface area contributed by atoms with Gasteiger partial charge in [-0.3, -0.25) is 24.1 Å². The predicted molar refractivity (Wildman–Crippen MR) is 153 cm³/mol. The first-order valence-corrected chi connectivity index (χ1v) is 14.5. The number of carboxylic acid groups (broad SMARTS) is 2. The minimum atomic E-state index is -1.22. The average molecular weight is 573 g/mol. The number of aryl methyl sites for hydroxylation is 1. The van der Waals surface area contributed by atoms with Gasteiger partial charge in [0.2, 0.25) is 5.91 Å². The van der Waals surface area contributed by atoms with Gasteiger partial charge in [-0.2, -0.15) is 0 Å². The summed E-state index contributed by atoms with van der Waals surface area (Å²) < 4.78 is 5.34. The van der Waals surface area contributed by atoms with Gasteiger partial charge in [-0.25, -0.2) is 4.98 Å². The highest BCUT2D eigenvalue weighted by Crippen LogP contribution is 2.43. The third-order valence-electron chi connectivity index (χ3n) is 8.38. The van der Waals surface area contributed by atoms with Crippen molar-refractivity contribution in [2.75, 3.05) is 44.7 Å². The number of amides is 2. The summed E-state index contributed by atoms with van der Waals surface area (Å²) in [5.41, 5.74) is 0.743. The van der Waals surface area contributed by atoms with E-state index in [1.54, 1.807) is 24.1 Å². The molecule has 0 unspecified atom stereocenters. The van der Waals surface area contributed by atoms with E-state index in [1.807, 2.05) is 19.1 Å². The fourth-order valence-electron chi connectivity index (χ4n) is 6.11. The highest BCUT2D eigenvalue weighted by atomic mass is 16.5. The second kappa shape index (κ2) is 15.0. The molecule has 1 aliphatic carbocycles. The molecule has 1 aromatic heterocycles. The number of hydrogen-bond donors (Lipinski definition) is 2. The zero-order valence-corrected chi connectivity index (χ0v) is 24.5. The fraction of sp³-hybridized carbons (Fsp3) is 0.633. The lowest BCUT2D eigenvalue weighted by Gasteiger charge is -2.42. The van der Waals surface area contributed by atoms with Gasteiger partial charge in [0.15, 0.2) is 5.76 Å². The van der Waals surface area contributed by atoms with E-state index in [0.717, 1.165) is 81.5 Å². The van der Waals surface area contributed by atoms with Crippen LogP contribution < -0.4 is 4.90 Å². The number of nitrogens with zero attached hydrogens (tertiary/aromatic N) is 4. The first-order chi connectivity index (χ1) is 19.6. The van der Waals surface area contributed by atoms with Crippen LogP contribution >= 0.6 is 0 Å². The molecule has 0 radical (unpaired) electrons. The Morgan fingerprint density at radius 3 is 2.22 bits per heavy atom. The minimum Gasteiger partial charge on any atom is -0.491 e. The number of hydrogen-bond acceptors (Lipinski definition) is 7. The number of likely N-dealkylation sites (tertiary alicyclic amines) is 1. The van der Waals surface area contributed by atoms with Crippen LogP contribution in [0.1, 0.15) is 70.3 Å². The van der Waals surface area contributed by atoms with Gasteiger partial charge in [-0.1, -0.05) is 25.3 Å². The van der Waals surface area contributed by atoms with Gasteiger partial charge in [0.05, 0.1) is 7.11 Å². The normalized spacial score (nSPS) is 18.0.